The minimum absolute atomic E-state index is 0.0663. The van der Waals surface area contributed by atoms with Gasteiger partial charge < -0.3 is 14.6 Å². The Morgan fingerprint density at radius 1 is 1.29 bits per heavy atom. The lowest BCUT2D eigenvalue weighted by atomic mass is 10.1. The van der Waals surface area contributed by atoms with Gasteiger partial charge >= 0.3 is 0 Å². The summed E-state index contributed by atoms with van der Waals surface area (Å²) in [5.41, 5.74) is 1.62. The first-order valence-electron chi connectivity index (χ1n) is 5.02. The van der Waals surface area contributed by atoms with E-state index in [2.05, 4.69) is 4.98 Å². The van der Waals surface area contributed by atoms with E-state index in [0.717, 1.165) is 11.3 Å². The summed E-state index contributed by atoms with van der Waals surface area (Å²) in [7, 11) is 1.59. The first-order valence-corrected chi connectivity index (χ1v) is 5.02. The second kappa shape index (κ2) is 4.65. The van der Waals surface area contributed by atoms with Crippen LogP contribution in [-0.4, -0.2) is 18.1 Å². The molecule has 0 saturated carbocycles. The van der Waals surface area contributed by atoms with Crippen molar-refractivity contribution in [3.63, 3.8) is 0 Å². The second-order valence-electron chi connectivity index (χ2n) is 3.45. The number of aromatic carboxylic acids is 1. The fourth-order valence-corrected chi connectivity index (χ4v) is 1.47. The molecule has 4 nitrogen and oxygen atoms in total. The zero-order valence-electron chi connectivity index (χ0n) is 9.21. The molecule has 0 aliphatic rings. The van der Waals surface area contributed by atoms with Crippen LogP contribution in [0.1, 0.15) is 10.4 Å². The van der Waals surface area contributed by atoms with Gasteiger partial charge in [-0.05, 0) is 24.3 Å². The van der Waals surface area contributed by atoms with Crippen LogP contribution in [0.4, 0.5) is 0 Å². The standard InChI is InChI=1S/C13H11NO3/c1-17-11-4-2-3-9(7-11)12-6-5-10(8-14-12)13(15)16/h2-8H,1H3,(H,15,16)/p-1. The first-order chi connectivity index (χ1) is 8.20. The molecular weight excluding hydrogens is 218 g/mol. The van der Waals surface area contributed by atoms with Crippen LogP contribution in [0.25, 0.3) is 11.3 Å². The summed E-state index contributed by atoms with van der Waals surface area (Å²) in [6.45, 7) is 0. The van der Waals surface area contributed by atoms with Gasteiger partial charge in [0.15, 0.2) is 0 Å². The molecule has 2 aromatic rings. The molecule has 0 N–H and O–H groups in total. The summed E-state index contributed by atoms with van der Waals surface area (Å²) >= 11 is 0. The van der Waals surface area contributed by atoms with Gasteiger partial charge in [0.25, 0.3) is 0 Å². The normalized spacial score (nSPS) is 9.94. The van der Waals surface area contributed by atoms with Crippen LogP contribution in [0.5, 0.6) is 5.75 Å². The number of hydrogen-bond acceptors (Lipinski definition) is 4. The number of carboxylic acids is 1. The molecule has 0 bridgehead atoms. The topological polar surface area (TPSA) is 62.2 Å². The van der Waals surface area contributed by atoms with E-state index in [4.69, 9.17) is 4.74 Å². The van der Waals surface area contributed by atoms with Crippen molar-refractivity contribution < 1.29 is 14.6 Å². The zero-order valence-corrected chi connectivity index (χ0v) is 9.21. The van der Waals surface area contributed by atoms with Crippen molar-refractivity contribution in [1.29, 1.82) is 0 Å². The molecule has 2 rings (SSSR count). The number of rotatable bonds is 3. The van der Waals surface area contributed by atoms with Crippen LogP contribution >= 0.6 is 0 Å². The molecule has 1 aromatic heterocycles. The average Bonchev–Trinajstić information content (AvgIpc) is 2.39. The Hall–Kier alpha value is -2.36. The summed E-state index contributed by atoms with van der Waals surface area (Å²) in [5, 5.41) is 10.6. The molecule has 17 heavy (non-hydrogen) atoms. The zero-order chi connectivity index (χ0) is 12.3. The summed E-state index contributed by atoms with van der Waals surface area (Å²) < 4.78 is 5.11. The number of nitrogens with zero attached hydrogens (tertiary/aromatic N) is 1. The van der Waals surface area contributed by atoms with Crippen molar-refractivity contribution in [1.82, 2.24) is 4.98 Å². The number of methoxy groups -OCH3 is 1. The summed E-state index contributed by atoms with van der Waals surface area (Å²) in [5.74, 6) is -0.497. The third kappa shape index (κ3) is 2.42. The van der Waals surface area contributed by atoms with E-state index >= 15 is 0 Å². The Morgan fingerprint density at radius 2 is 2.12 bits per heavy atom. The van der Waals surface area contributed by atoms with Gasteiger partial charge in [-0.2, -0.15) is 0 Å². The van der Waals surface area contributed by atoms with Gasteiger partial charge in [-0.25, -0.2) is 0 Å². The maximum Gasteiger partial charge on any atom is 0.119 e. The maximum absolute atomic E-state index is 10.6. The molecule has 1 heterocycles. The number of carbonyl (C=O) groups excluding carboxylic acids is 1. The molecule has 86 valence electrons. The van der Waals surface area contributed by atoms with E-state index in [1.165, 1.54) is 12.3 Å². The maximum atomic E-state index is 10.6. The summed E-state index contributed by atoms with van der Waals surface area (Å²) in [4.78, 5) is 14.6. The molecule has 1 aromatic carbocycles. The molecule has 0 radical (unpaired) electrons. The molecule has 0 fully saturated rings. The quantitative estimate of drug-likeness (QED) is 0.789. The highest BCUT2D eigenvalue weighted by Gasteiger charge is 2.01. The van der Waals surface area contributed by atoms with E-state index in [1.807, 2.05) is 24.3 Å². The fraction of sp³-hybridized carbons (Fsp3) is 0.0769. The highest BCUT2D eigenvalue weighted by atomic mass is 16.5. The Morgan fingerprint density at radius 3 is 2.71 bits per heavy atom. The molecule has 0 aliphatic carbocycles. The highest BCUT2D eigenvalue weighted by molar-refractivity contribution is 5.85. The van der Waals surface area contributed by atoms with Crippen molar-refractivity contribution >= 4 is 5.97 Å². The van der Waals surface area contributed by atoms with Gasteiger partial charge in [-0.1, -0.05) is 12.1 Å². The lowest BCUT2D eigenvalue weighted by Crippen LogP contribution is -2.22. The van der Waals surface area contributed by atoms with Gasteiger partial charge in [0.1, 0.15) is 5.75 Å². The Bertz CT molecular complexity index is 535. The lowest BCUT2D eigenvalue weighted by Gasteiger charge is -2.05. The van der Waals surface area contributed by atoms with Crippen LogP contribution < -0.4 is 9.84 Å². The van der Waals surface area contributed by atoms with Crippen LogP contribution in [0.15, 0.2) is 42.6 Å². The third-order valence-corrected chi connectivity index (χ3v) is 2.36. The van der Waals surface area contributed by atoms with Gasteiger partial charge in [0, 0.05) is 17.3 Å². The van der Waals surface area contributed by atoms with Crippen molar-refractivity contribution in [2.75, 3.05) is 7.11 Å². The number of carbonyl (C=O) groups is 1. The summed E-state index contributed by atoms with van der Waals surface area (Å²) in [6.07, 6.45) is 1.28. The predicted octanol–water partition coefficient (Wildman–Crippen LogP) is 1.12. The number of carboxylic acid groups (broad SMARTS) is 1. The fourth-order valence-electron chi connectivity index (χ4n) is 1.47. The monoisotopic (exact) mass is 228 g/mol. The molecule has 0 amide bonds. The smallest absolute Gasteiger partial charge is 0.119 e. The molecule has 0 atom stereocenters. The molecule has 0 saturated heterocycles. The van der Waals surface area contributed by atoms with Gasteiger partial charge in [-0.15, -0.1) is 0 Å². The van der Waals surface area contributed by atoms with Gasteiger partial charge in [0.05, 0.1) is 18.8 Å². The number of ether oxygens (including phenoxy) is 1. The van der Waals surface area contributed by atoms with E-state index in [-0.39, 0.29) is 5.56 Å². The Kier molecular flexibility index (Phi) is 3.05. The molecule has 0 aliphatic heterocycles. The number of aromatic nitrogens is 1. The molecule has 4 heteroatoms. The van der Waals surface area contributed by atoms with Gasteiger partial charge in [0.2, 0.25) is 0 Å². The molecular formula is C13H10NO3-. The first kappa shape index (κ1) is 11.1. The second-order valence-corrected chi connectivity index (χ2v) is 3.45. The van der Waals surface area contributed by atoms with Crippen molar-refractivity contribution in [2.45, 2.75) is 0 Å². The molecule has 0 unspecified atom stereocenters. The van der Waals surface area contributed by atoms with Gasteiger partial charge in [-0.3, -0.25) is 4.98 Å². The Labute approximate surface area is 98.5 Å². The van der Waals surface area contributed by atoms with E-state index in [0.29, 0.717) is 5.69 Å². The minimum Gasteiger partial charge on any atom is -0.545 e. The van der Waals surface area contributed by atoms with Crippen molar-refractivity contribution in [2.24, 2.45) is 0 Å². The van der Waals surface area contributed by atoms with Crippen LogP contribution in [0.2, 0.25) is 0 Å². The van der Waals surface area contributed by atoms with Crippen LogP contribution in [0, 0.1) is 0 Å². The number of hydrogen-bond donors (Lipinski definition) is 0. The lowest BCUT2D eigenvalue weighted by molar-refractivity contribution is -0.255. The largest absolute Gasteiger partial charge is 0.545 e. The van der Waals surface area contributed by atoms with Crippen LogP contribution in [0.3, 0.4) is 0 Å². The number of benzene rings is 1. The van der Waals surface area contributed by atoms with Crippen molar-refractivity contribution in [3.05, 3.63) is 48.2 Å². The van der Waals surface area contributed by atoms with E-state index < -0.39 is 5.97 Å². The van der Waals surface area contributed by atoms with Crippen molar-refractivity contribution in [3.8, 4) is 17.0 Å². The summed E-state index contributed by atoms with van der Waals surface area (Å²) in [6, 6.07) is 10.5. The number of pyridine rings is 1. The van der Waals surface area contributed by atoms with E-state index in [1.54, 1.807) is 13.2 Å². The SMILES string of the molecule is COc1cccc(-c2ccc(C(=O)[O-])cn2)c1. The van der Waals surface area contributed by atoms with Crippen LogP contribution in [-0.2, 0) is 0 Å². The highest BCUT2D eigenvalue weighted by Crippen LogP contribution is 2.21. The average molecular weight is 228 g/mol. The Balaban J connectivity index is 2.36. The predicted molar refractivity (Wildman–Crippen MR) is 60.6 cm³/mol. The molecule has 0 spiro atoms. The minimum atomic E-state index is -1.23. The van der Waals surface area contributed by atoms with E-state index in [9.17, 15) is 9.90 Å². The third-order valence-electron chi connectivity index (χ3n) is 2.36.